The van der Waals surface area contributed by atoms with Crippen molar-refractivity contribution in [2.24, 2.45) is 0 Å². The van der Waals surface area contributed by atoms with Gasteiger partial charge in [0.2, 0.25) is 0 Å². The Kier molecular flexibility index (Phi) is 41.9. The van der Waals surface area contributed by atoms with E-state index in [4.69, 9.17) is 18.5 Å². The highest BCUT2D eigenvalue weighted by atomic mass is 31.2. The fraction of sp³-hybridized carbons (Fsp3) is 0.731. The lowest BCUT2D eigenvalue weighted by atomic mass is 10.0. The molecule has 0 amide bonds. The average molecular weight is 891 g/mol. The standard InChI is InChI=1S/C52H92NO8P/c1-6-8-10-12-14-16-18-20-22-24-25-26-27-29-31-33-35-37-39-41-43-45-52(55)61-50(49-60-62(56,57)59-47-46-53(3,4)5)48-58-51(54)44-42-40-38-36-34-32-30-28-23-21-19-17-15-13-11-9-7-2/h9,11,15,17,20-23,30,32,36,38,50H,6-8,10,12-14,16,18-19,24-29,31,33-35,37,39-49H2,1-5H3/p+1/b11-9+,17-15+,22-20+,23-21+,32-30+,38-36+/t50-/m1/s1. The summed E-state index contributed by atoms with van der Waals surface area (Å²) in [6.07, 6.45) is 55.3. The molecule has 0 saturated carbocycles. The number of esters is 2. The zero-order valence-electron chi connectivity index (χ0n) is 40.3. The number of carbonyl (C=O) groups excluding carboxylic acids is 2. The van der Waals surface area contributed by atoms with Crippen LogP contribution in [0.2, 0.25) is 0 Å². The first-order valence-corrected chi connectivity index (χ1v) is 26.2. The van der Waals surface area contributed by atoms with Crippen LogP contribution in [0.1, 0.15) is 194 Å². The topological polar surface area (TPSA) is 108 Å². The van der Waals surface area contributed by atoms with Crippen molar-refractivity contribution in [2.75, 3.05) is 47.5 Å². The smallest absolute Gasteiger partial charge is 0.462 e. The number of rotatable bonds is 44. The van der Waals surface area contributed by atoms with Crippen LogP contribution in [-0.4, -0.2) is 74.9 Å². The van der Waals surface area contributed by atoms with Crippen LogP contribution < -0.4 is 0 Å². The maximum Gasteiger partial charge on any atom is 0.472 e. The van der Waals surface area contributed by atoms with Gasteiger partial charge in [-0.3, -0.25) is 18.6 Å². The summed E-state index contributed by atoms with van der Waals surface area (Å²) < 4.78 is 34.3. The first kappa shape index (κ1) is 59.5. The van der Waals surface area contributed by atoms with Gasteiger partial charge in [0.05, 0.1) is 27.7 Å². The molecule has 0 aliphatic rings. The second-order valence-corrected chi connectivity index (χ2v) is 18.9. The SMILES string of the molecule is CC/C=C/C/C=C/C/C=C/C/C=C/C/C=C/CCCC(=O)OC[C@H](COP(=O)(O)OCC[N+](C)(C)C)OC(=O)CCCCCCCCCCCCC/C=C/CCCCCCCC. The van der Waals surface area contributed by atoms with E-state index < -0.39 is 32.5 Å². The Morgan fingerprint density at radius 2 is 0.935 bits per heavy atom. The van der Waals surface area contributed by atoms with Crippen LogP contribution in [0.5, 0.6) is 0 Å². The minimum absolute atomic E-state index is 0.0199. The summed E-state index contributed by atoms with van der Waals surface area (Å²) in [5, 5.41) is 0. The van der Waals surface area contributed by atoms with Crippen molar-refractivity contribution >= 4 is 19.8 Å². The fourth-order valence-electron chi connectivity index (χ4n) is 6.40. The van der Waals surface area contributed by atoms with Gasteiger partial charge in [-0.15, -0.1) is 0 Å². The number of ether oxygens (including phenoxy) is 2. The summed E-state index contributed by atoms with van der Waals surface area (Å²) in [6, 6.07) is 0. The molecule has 10 heteroatoms. The molecule has 0 fully saturated rings. The van der Waals surface area contributed by atoms with Crippen molar-refractivity contribution in [1.82, 2.24) is 0 Å². The maximum atomic E-state index is 12.7. The highest BCUT2D eigenvalue weighted by molar-refractivity contribution is 7.47. The molecule has 0 aromatic heterocycles. The first-order chi connectivity index (χ1) is 30.0. The third kappa shape index (κ3) is 46.9. The Bertz CT molecular complexity index is 1280. The number of likely N-dealkylation sites (N-methyl/N-ethyl adjacent to an activating group) is 1. The number of phosphoric ester groups is 1. The normalized spacial score (nSPS) is 14.1. The van der Waals surface area contributed by atoms with E-state index in [2.05, 4.69) is 86.8 Å². The van der Waals surface area contributed by atoms with Gasteiger partial charge in [-0.25, -0.2) is 4.57 Å². The Balaban J connectivity index is 4.35. The molecule has 0 saturated heterocycles. The number of quaternary nitrogens is 1. The first-order valence-electron chi connectivity index (χ1n) is 24.7. The number of phosphoric acid groups is 1. The molecule has 0 heterocycles. The number of hydrogen-bond donors (Lipinski definition) is 1. The average Bonchev–Trinajstić information content (AvgIpc) is 3.23. The minimum Gasteiger partial charge on any atom is -0.462 e. The fourth-order valence-corrected chi connectivity index (χ4v) is 7.14. The summed E-state index contributed by atoms with van der Waals surface area (Å²) in [4.78, 5) is 35.5. The van der Waals surface area contributed by atoms with E-state index in [-0.39, 0.29) is 26.1 Å². The molecule has 62 heavy (non-hydrogen) atoms. The summed E-state index contributed by atoms with van der Waals surface area (Å²) in [5.41, 5.74) is 0. The largest absolute Gasteiger partial charge is 0.472 e. The van der Waals surface area contributed by atoms with Crippen LogP contribution in [0.25, 0.3) is 0 Å². The molecule has 0 radical (unpaired) electrons. The molecule has 1 unspecified atom stereocenters. The van der Waals surface area contributed by atoms with Crippen molar-refractivity contribution in [3.8, 4) is 0 Å². The van der Waals surface area contributed by atoms with Gasteiger partial charge in [-0.05, 0) is 77.0 Å². The molecule has 0 rings (SSSR count). The molecule has 0 bridgehead atoms. The number of hydrogen-bond acceptors (Lipinski definition) is 7. The molecular formula is C52H93NO8P+. The van der Waals surface area contributed by atoms with Crippen molar-refractivity contribution < 1.29 is 42.1 Å². The van der Waals surface area contributed by atoms with E-state index in [9.17, 15) is 19.0 Å². The van der Waals surface area contributed by atoms with Gasteiger partial charge in [-0.2, -0.15) is 0 Å². The lowest BCUT2D eigenvalue weighted by molar-refractivity contribution is -0.870. The van der Waals surface area contributed by atoms with Gasteiger partial charge in [0.1, 0.15) is 19.8 Å². The predicted molar refractivity (Wildman–Crippen MR) is 261 cm³/mol. The van der Waals surface area contributed by atoms with E-state index in [1.54, 1.807) is 0 Å². The molecule has 1 N–H and O–H groups in total. The van der Waals surface area contributed by atoms with Gasteiger partial charge in [0, 0.05) is 12.8 Å². The van der Waals surface area contributed by atoms with Gasteiger partial charge in [-0.1, -0.05) is 177 Å². The molecule has 2 atom stereocenters. The number of unbranched alkanes of at least 4 members (excludes halogenated alkanes) is 18. The highest BCUT2D eigenvalue weighted by Crippen LogP contribution is 2.43. The van der Waals surface area contributed by atoms with Crippen molar-refractivity contribution in [1.29, 1.82) is 0 Å². The predicted octanol–water partition coefficient (Wildman–Crippen LogP) is 14.6. The molecule has 0 spiro atoms. The molecule has 358 valence electrons. The lowest BCUT2D eigenvalue weighted by Gasteiger charge is -2.24. The van der Waals surface area contributed by atoms with Crippen LogP contribution in [0, 0.1) is 0 Å². The van der Waals surface area contributed by atoms with Gasteiger partial charge in [0.15, 0.2) is 6.10 Å². The Morgan fingerprint density at radius 3 is 1.44 bits per heavy atom. The van der Waals surface area contributed by atoms with Crippen LogP contribution in [0.4, 0.5) is 0 Å². The molecular weight excluding hydrogens is 798 g/mol. The zero-order chi connectivity index (χ0) is 45.7. The second-order valence-electron chi connectivity index (χ2n) is 17.5. The maximum absolute atomic E-state index is 12.7. The monoisotopic (exact) mass is 891 g/mol. The molecule has 0 aromatic rings. The number of nitrogens with zero attached hydrogens (tertiary/aromatic N) is 1. The van der Waals surface area contributed by atoms with E-state index in [0.717, 1.165) is 57.8 Å². The Labute approximate surface area is 380 Å². The van der Waals surface area contributed by atoms with E-state index >= 15 is 0 Å². The van der Waals surface area contributed by atoms with E-state index in [1.165, 1.54) is 96.3 Å². The summed E-state index contributed by atoms with van der Waals surface area (Å²) in [5.74, 6) is -0.869. The van der Waals surface area contributed by atoms with E-state index in [0.29, 0.717) is 23.9 Å². The summed E-state index contributed by atoms with van der Waals surface area (Å²) in [7, 11) is 1.44. The Hall–Kier alpha value is -2.55. The summed E-state index contributed by atoms with van der Waals surface area (Å²) in [6.45, 7) is 4.24. The van der Waals surface area contributed by atoms with Gasteiger partial charge >= 0.3 is 19.8 Å². The van der Waals surface area contributed by atoms with Gasteiger partial charge < -0.3 is 18.9 Å². The molecule has 0 aliphatic carbocycles. The highest BCUT2D eigenvalue weighted by Gasteiger charge is 2.27. The number of allylic oxidation sites excluding steroid dienone is 12. The van der Waals surface area contributed by atoms with Crippen LogP contribution in [-0.2, 0) is 32.7 Å². The number of carbonyl (C=O) groups is 2. The van der Waals surface area contributed by atoms with Gasteiger partial charge in [0.25, 0.3) is 0 Å². The molecule has 0 aliphatic heterocycles. The van der Waals surface area contributed by atoms with Crippen LogP contribution >= 0.6 is 7.82 Å². The van der Waals surface area contributed by atoms with Crippen molar-refractivity contribution in [2.45, 2.75) is 200 Å². The van der Waals surface area contributed by atoms with Crippen LogP contribution in [0.15, 0.2) is 72.9 Å². The lowest BCUT2D eigenvalue weighted by Crippen LogP contribution is -2.37. The quantitative estimate of drug-likeness (QED) is 0.0212. The zero-order valence-corrected chi connectivity index (χ0v) is 41.2. The Morgan fingerprint density at radius 1 is 0.516 bits per heavy atom. The second kappa shape index (κ2) is 43.7. The summed E-state index contributed by atoms with van der Waals surface area (Å²) >= 11 is 0. The van der Waals surface area contributed by atoms with E-state index in [1.807, 2.05) is 21.1 Å². The molecule has 9 nitrogen and oxygen atoms in total. The van der Waals surface area contributed by atoms with Crippen LogP contribution in [0.3, 0.4) is 0 Å². The molecule has 0 aromatic carbocycles. The van der Waals surface area contributed by atoms with Crippen molar-refractivity contribution in [3.05, 3.63) is 72.9 Å². The third-order valence-electron chi connectivity index (χ3n) is 10.2. The minimum atomic E-state index is -4.39. The van der Waals surface area contributed by atoms with Crippen molar-refractivity contribution in [3.63, 3.8) is 0 Å². The third-order valence-corrected chi connectivity index (χ3v) is 11.2.